The van der Waals surface area contributed by atoms with Gasteiger partial charge in [0.1, 0.15) is 0 Å². The third-order valence-electron chi connectivity index (χ3n) is 3.61. The minimum Gasteiger partial charge on any atom is -0.382 e. The number of halogens is 3. The van der Waals surface area contributed by atoms with Gasteiger partial charge in [0.15, 0.2) is 11.9 Å². The molecule has 1 atom stereocenters. The molecule has 24 heavy (non-hydrogen) atoms. The molecule has 0 radical (unpaired) electrons. The molecule has 1 amide bonds. The predicted octanol–water partition coefficient (Wildman–Crippen LogP) is 2.27. The average molecular weight is 341 g/mol. The largest absolute Gasteiger partial charge is 0.416 e. The molecule has 2 aromatic rings. The monoisotopic (exact) mass is 341 g/mol. The summed E-state index contributed by atoms with van der Waals surface area (Å²) in [6, 6.07) is 6.01. The number of aromatic nitrogens is 2. The second-order valence-electron chi connectivity index (χ2n) is 5.58. The van der Waals surface area contributed by atoms with E-state index in [0.29, 0.717) is 23.2 Å². The molecular formula is C15H14F3N3O3. The van der Waals surface area contributed by atoms with E-state index in [1.165, 1.54) is 12.1 Å². The number of carbonyl (C=O) groups is 1. The van der Waals surface area contributed by atoms with E-state index in [-0.39, 0.29) is 5.56 Å². The Balaban J connectivity index is 1.62. The van der Waals surface area contributed by atoms with Crippen LogP contribution in [0.4, 0.5) is 13.2 Å². The van der Waals surface area contributed by atoms with Gasteiger partial charge in [0.05, 0.1) is 6.54 Å². The van der Waals surface area contributed by atoms with Crippen molar-refractivity contribution in [1.29, 1.82) is 0 Å². The van der Waals surface area contributed by atoms with Crippen molar-refractivity contribution in [2.45, 2.75) is 31.0 Å². The number of nitrogens with zero attached hydrogens (tertiary/aromatic N) is 2. The lowest BCUT2D eigenvalue weighted by atomic mass is 10.1. The van der Waals surface area contributed by atoms with Gasteiger partial charge in [-0.15, -0.1) is 0 Å². The lowest BCUT2D eigenvalue weighted by molar-refractivity contribution is -0.201. The van der Waals surface area contributed by atoms with Crippen molar-refractivity contribution >= 4 is 5.91 Å². The van der Waals surface area contributed by atoms with Crippen molar-refractivity contribution in [3.8, 4) is 11.5 Å². The van der Waals surface area contributed by atoms with Gasteiger partial charge < -0.3 is 14.9 Å². The van der Waals surface area contributed by atoms with Crippen molar-refractivity contribution in [3.05, 3.63) is 35.7 Å². The fourth-order valence-electron chi connectivity index (χ4n) is 2.03. The predicted molar refractivity (Wildman–Crippen MR) is 76.1 cm³/mol. The summed E-state index contributed by atoms with van der Waals surface area (Å²) < 4.78 is 41.7. The zero-order valence-corrected chi connectivity index (χ0v) is 12.4. The molecule has 0 bridgehead atoms. The highest BCUT2D eigenvalue weighted by Gasteiger charge is 2.38. The number of nitrogens with one attached hydrogen (secondary N) is 1. The average Bonchev–Trinajstić information content (AvgIpc) is 3.29. The van der Waals surface area contributed by atoms with E-state index in [4.69, 9.17) is 9.63 Å². The molecule has 128 valence electrons. The number of aliphatic hydroxyl groups is 1. The normalized spacial score (nSPS) is 16.0. The molecule has 0 unspecified atom stereocenters. The Kier molecular flexibility index (Phi) is 4.27. The highest BCUT2D eigenvalue weighted by Crippen LogP contribution is 2.38. The van der Waals surface area contributed by atoms with Crippen LogP contribution in [0.25, 0.3) is 11.5 Å². The van der Waals surface area contributed by atoms with Gasteiger partial charge in [0.2, 0.25) is 0 Å². The van der Waals surface area contributed by atoms with Crippen LogP contribution in [-0.2, 0) is 0 Å². The van der Waals surface area contributed by atoms with Crippen LogP contribution < -0.4 is 5.32 Å². The maximum absolute atomic E-state index is 12.2. The summed E-state index contributed by atoms with van der Waals surface area (Å²) in [4.78, 5) is 16.1. The SMILES string of the molecule is O=C(NC[C@@H](O)C(F)(F)F)c1ccc(-c2nc(C3CC3)no2)cc1. The molecule has 1 aliphatic rings. The first-order valence-corrected chi connectivity index (χ1v) is 7.31. The van der Waals surface area contributed by atoms with Crippen molar-refractivity contribution in [2.75, 3.05) is 6.54 Å². The van der Waals surface area contributed by atoms with Crippen LogP contribution >= 0.6 is 0 Å². The van der Waals surface area contributed by atoms with Gasteiger partial charge in [0, 0.05) is 17.0 Å². The smallest absolute Gasteiger partial charge is 0.382 e. The van der Waals surface area contributed by atoms with Crippen molar-refractivity contribution in [3.63, 3.8) is 0 Å². The molecule has 1 aromatic carbocycles. The molecule has 6 nitrogen and oxygen atoms in total. The molecule has 0 aliphatic heterocycles. The third kappa shape index (κ3) is 3.73. The number of alkyl halides is 3. The minimum absolute atomic E-state index is 0.162. The summed E-state index contributed by atoms with van der Waals surface area (Å²) in [5.74, 6) is 0.631. The van der Waals surface area contributed by atoms with Crippen LogP contribution in [0.3, 0.4) is 0 Å². The van der Waals surface area contributed by atoms with Crippen molar-refractivity contribution < 1.29 is 27.6 Å². The molecule has 3 rings (SSSR count). The summed E-state index contributed by atoms with van der Waals surface area (Å²) in [6.07, 6.45) is -5.28. The Morgan fingerprint density at radius 1 is 1.33 bits per heavy atom. The highest BCUT2D eigenvalue weighted by atomic mass is 19.4. The number of hydrogen-bond acceptors (Lipinski definition) is 5. The van der Waals surface area contributed by atoms with Gasteiger partial charge in [-0.05, 0) is 37.1 Å². The topological polar surface area (TPSA) is 88.2 Å². The standard InChI is InChI=1S/C15H14F3N3O3/c16-15(17,18)11(22)7-19-13(23)9-3-5-10(6-4-9)14-20-12(21-24-14)8-1-2-8/h3-6,8,11,22H,1-2,7H2,(H,19,23)/t11-/m1/s1. The molecule has 2 N–H and O–H groups in total. The van der Waals surface area contributed by atoms with E-state index in [0.717, 1.165) is 12.8 Å². The first kappa shape index (κ1) is 16.4. The van der Waals surface area contributed by atoms with Gasteiger partial charge in [0.25, 0.3) is 11.8 Å². The summed E-state index contributed by atoms with van der Waals surface area (Å²) in [5.41, 5.74) is 0.774. The molecule has 1 heterocycles. The number of carbonyl (C=O) groups excluding carboxylic acids is 1. The molecule has 1 aromatic heterocycles. The molecule has 9 heteroatoms. The van der Waals surface area contributed by atoms with Gasteiger partial charge in [-0.2, -0.15) is 18.2 Å². The van der Waals surface area contributed by atoms with Crippen LogP contribution in [0.5, 0.6) is 0 Å². The van der Waals surface area contributed by atoms with Crippen molar-refractivity contribution in [1.82, 2.24) is 15.5 Å². The van der Waals surface area contributed by atoms with Crippen LogP contribution in [0.1, 0.15) is 34.9 Å². The maximum Gasteiger partial charge on any atom is 0.416 e. The molecule has 1 fully saturated rings. The van der Waals surface area contributed by atoms with E-state index >= 15 is 0 Å². The summed E-state index contributed by atoms with van der Waals surface area (Å²) >= 11 is 0. The number of benzene rings is 1. The highest BCUT2D eigenvalue weighted by molar-refractivity contribution is 5.94. The second kappa shape index (κ2) is 6.23. The Morgan fingerprint density at radius 3 is 2.58 bits per heavy atom. The zero-order valence-electron chi connectivity index (χ0n) is 12.4. The van der Waals surface area contributed by atoms with Gasteiger partial charge in [-0.25, -0.2) is 0 Å². The minimum atomic E-state index is -4.77. The van der Waals surface area contributed by atoms with E-state index in [2.05, 4.69) is 10.1 Å². The first-order chi connectivity index (χ1) is 11.3. The molecular weight excluding hydrogens is 327 g/mol. The lowest BCUT2D eigenvalue weighted by Crippen LogP contribution is -2.40. The second-order valence-corrected chi connectivity index (χ2v) is 5.58. The van der Waals surface area contributed by atoms with Gasteiger partial charge in [-0.3, -0.25) is 4.79 Å². The Bertz CT molecular complexity index is 724. The molecule has 1 saturated carbocycles. The quantitative estimate of drug-likeness (QED) is 0.871. The van der Waals surface area contributed by atoms with E-state index in [9.17, 15) is 18.0 Å². The Morgan fingerprint density at radius 2 is 2.00 bits per heavy atom. The van der Waals surface area contributed by atoms with E-state index in [1.807, 2.05) is 5.32 Å². The number of hydrogen-bond donors (Lipinski definition) is 2. The fourth-order valence-corrected chi connectivity index (χ4v) is 2.03. The summed E-state index contributed by atoms with van der Waals surface area (Å²) in [7, 11) is 0. The van der Waals surface area contributed by atoms with Gasteiger partial charge >= 0.3 is 6.18 Å². The maximum atomic E-state index is 12.2. The van der Waals surface area contributed by atoms with Crippen LogP contribution in [0.15, 0.2) is 28.8 Å². The summed E-state index contributed by atoms with van der Waals surface area (Å²) in [6.45, 7) is -0.904. The molecule has 0 spiro atoms. The number of rotatable bonds is 5. The van der Waals surface area contributed by atoms with E-state index in [1.54, 1.807) is 12.1 Å². The first-order valence-electron chi connectivity index (χ1n) is 7.31. The Hall–Kier alpha value is -2.42. The zero-order chi connectivity index (χ0) is 17.3. The van der Waals surface area contributed by atoms with Gasteiger partial charge in [-0.1, -0.05) is 5.16 Å². The number of aliphatic hydroxyl groups excluding tert-OH is 1. The number of amides is 1. The Labute approximate surface area is 134 Å². The van der Waals surface area contributed by atoms with E-state index < -0.39 is 24.7 Å². The fraction of sp³-hybridized carbons (Fsp3) is 0.400. The third-order valence-corrected chi connectivity index (χ3v) is 3.61. The van der Waals surface area contributed by atoms with Crippen LogP contribution in [0.2, 0.25) is 0 Å². The lowest BCUT2D eigenvalue weighted by Gasteiger charge is -2.14. The van der Waals surface area contributed by atoms with Crippen molar-refractivity contribution in [2.24, 2.45) is 0 Å². The van der Waals surface area contributed by atoms with Crippen LogP contribution in [-0.4, -0.2) is 40.0 Å². The molecule has 0 saturated heterocycles. The summed E-state index contributed by atoms with van der Waals surface area (Å²) in [5, 5.41) is 14.8. The van der Waals surface area contributed by atoms with Crippen LogP contribution in [0, 0.1) is 0 Å². The molecule has 1 aliphatic carbocycles.